The van der Waals surface area contributed by atoms with Crippen LogP contribution in [-0.2, 0) is 0 Å². The molecule has 0 fully saturated rings. The van der Waals surface area contributed by atoms with Gasteiger partial charge in [0.1, 0.15) is 0 Å². The first-order valence-electron chi connectivity index (χ1n) is 7.81. The van der Waals surface area contributed by atoms with E-state index in [-0.39, 0.29) is 0 Å². The number of benzene rings is 1. The summed E-state index contributed by atoms with van der Waals surface area (Å²) >= 11 is 3.47. The lowest BCUT2D eigenvalue weighted by Crippen LogP contribution is -2.28. The van der Waals surface area contributed by atoms with Gasteiger partial charge in [-0.2, -0.15) is 5.26 Å². The fourth-order valence-electron chi connectivity index (χ4n) is 2.94. The number of fused-ring (bicyclic) bond motifs is 1. The van der Waals surface area contributed by atoms with E-state index in [0.29, 0.717) is 11.1 Å². The van der Waals surface area contributed by atoms with E-state index in [0.717, 1.165) is 36.8 Å². The second kappa shape index (κ2) is 6.54. The van der Waals surface area contributed by atoms with Crippen molar-refractivity contribution in [2.45, 2.75) is 0 Å². The average molecular weight is 407 g/mol. The van der Waals surface area contributed by atoms with Crippen molar-refractivity contribution < 1.29 is 14.4 Å². The van der Waals surface area contributed by atoms with Crippen LogP contribution in [0.2, 0.25) is 0 Å². The maximum Gasteiger partial charge on any atom is 0.230 e. The van der Waals surface area contributed by atoms with Gasteiger partial charge in [-0.1, -0.05) is 15.9 Å². The van der Waals surface area contributed by atoms with Crippen molar-refractivity contribution >= 4 is 38.5 Å². The number of nitrogens with zero attached hydrogens (tertiary/aromatic N) is 2. The third kappa shape index (κ3) is 2.89. The zero-order valence-corrected chi connectivity index (χ0v) is 15.1. The lowest BCUT2D eigenvalue weighted by molar-refractivity contribution is -0.904. The molecule has 126 valence electrons. The fraction of sp³-hybridized carbons (Fsp3) is 0. The molecule has 0 saturated heterocycles. The Hall–Kier alpha value is -3.30. The molecular weight excluding hydrogens is 394 g/mol. The number of aromatic amines is 1. The molecule has 1 aromatic carbocycles. The highest BCUT2D eigenvalue weighted by atomic mass is 79.9. The second-order valence-electron chi connectivity index (χ2n) is 5.77. The van der Waals surface area contributed by atoms with E-state index in [1.807, 2.05) is 30.5 Å². The normalized spacial score (nSPS) is 11.6. The van der Waals surface area contributed by atoms with E-state index in [2.05, 4.69) is 27.0 Å². The summed E-state index contributed by atoms with van der Waals surface area (Å²) in [6, 6.07) is 11.8. The van der Waals surface area contributed by atoms with Gasteiger partial charge in [-0.25, -0.2) is 0 Å². The van der Waals surface area contributed by atoms with Gasteiger partial charge in [-0.05, 0) is 30.3 Å². The molecule has 0 radical (unpaired) electrons. The molecule has 0 unspecified atom stereocenters. The Bertz CT molecular complexity index is 1170. The van der Waals surface area contributed by atoms with Crippen molar-refractivity contribution in [2.75, 3.05) is 0 Å². The number of halogens is 1. The molecule has 0 aliphatic heterocycles. The van der Waals surface area contributed by atoms with Crippen LogP contribution in [0.15, 0.2) is 70.3 Å². The molecule has 0 bridgehead atoms. The van der Waals surface area contributed by atoms with Crippen LogP contribution in [0.1, 0.15) is 11.1 Å². The number of H-pyrrole nitrogens is 1. The zero-order chi connectivity index (χ0) is 18.1. The summed E-state index contributed by atoms with van der Waals surface area (Å²) in [5.41, 5.74) is 4.68. The van der Waals surface area contributed by atoms with Crippen molar-refractivity contribution in [3.8, 4) is 17.2 Å². The SMILES string of the molecule is N#C/C(=C\c1c[n+](O)ccc1-c1ccoc1)c1c[nH]c2ccc(Br)cc12. The van der Waals surface area contributed by atoms with Crippen LogP contribution in [0.4, 0.5) is 0 Å². The summed E-state index contributed by atoms with van der Waals surface area (Å²) in [5, 5.41) is 20.5. The quantitative estimate of drug-likeness (QED) is 0.292. The van der Waals surface area contributed by atoms with Crippen molar-refractivity contribution in [1.82, 2.24) is 4.98 Å². The molecule has 4 aromatic rings. The van der Waals surface area contributed by atoms with Crippen LogP contribution in [0.3, 0.4) is 0 Å². The highest BCUT2D eigenvalue weighted by molar-refractivity contribution is 9.10. The molecule has 26 heavy (non-hydrogen) atoms. The Morgan fingerprint density at radius 3 is 2.96 bits per heavy atom. The molecule has 3 heterocycles. The number of hydrogen-bond acceptors (Lipinski definition) is 3. The van der Waals surface area contributed by atoms with E-state index in [1.54, 1.807) is 30.9 Å². The van der Waals surface area contributed by atoms with Gasteiger partial charge >= 0.3 is 0 Å². The molecule has 0 atom stereocenters. The Labute approximate surface area is 157 Å². The number of rotatable bonds is 3. The van der Waals surface area contributed by atoms with Crippen molar-refractivity contribution in [3.05, 3.63) is 77.0 Å². The molecule has 5 nitrogen and oxygen atoms in total. The first-order chi connectivity index (χ1) is 12.7. The van der Waals surface area contributed by atoms with E-state index in [4.69, 9.17) is 4.42 Å². The van der Waals surface area contributed by atoms with Crippen LogP contribution in [-0.4, -0.2) is 10.2 Å². The first kappa shape index (κ1) is 16.2. The van der Waals surface area contributed by atoms with Gasteiger partial charge in [0.15, 0.2) is 0 Å². The number of hydrogen-bond donors (Lipinski definition) is 2. The van der Waals surface area contributed by atoms with Gasteiger partial charge in [0.2, 0.25) is 12.4 Å². The summed E-state index contributed by atoms with van der Waals surface area (Å²) < 4.78 is 7.07. The van der Waals surface area contributed by atoms with Crippen LogP contribution in [0, 0.1) is 11.3 Å². The molecule has 0 amide bonds. The van der Waals surface area contributed by atoms with Crippen molar-refractivity contribution in [2.24, 2.45) is 0 Å². The second-order valence-corrected chi connectivity index (χ2v) is 6.68. The zero-order valence-electron chi connectivity index (χ0n) is 13.5. The molecule has 0 aliphatic rings. The molecule has 2 N–H and O–H groups in total. The predicted molar refractivity (Wildman–Crippen MR) is 101 cm³/mol. The van der Waals surface area contributed by atoms with Gasteiger partial charge in [0.05, 0.1) is 29.7 Å². The first-order valence-corrected chi connectivity index (χ1v) is 8.61. The third-order valence-electron chi connectivity index (χ3n) is 4.16. The minimum Gasteiger partial charge on any atom is -0.472 e. The van der Waals surface area contributed by atoms with Gasteiger partial charge < -0.3 is 9.40 Å². The van der Waals surface area contributed by atoms with E-state index >= 15 is 0 Å². The Balaban J connectivity index is 1.90. The number of allylic oxidation sites excluding steroid dienone is 1. The van der Waals surface area contributed by atoms with Gasteiger partial charge in [-0.15, -0.1) is 0 Å². The molecule has 6 heteroatoms. The largest absolute Gasteiger partial charge is 0.472 e. The predicted octanol–water partition coefficient (Wildman–Crippen LogP) is 4.78. The monoisotopic (exact) mass is 406 g/mol. The number of pyridine rings is 1. The lowest BCUT2D eigenvalue weighted by atomic mass is 9.99. The number of nitrogens with one attached hydrogen (secondary N) is 1. The van der Waals surface area contributed by atoms with E-state index < -0.39 is 0 Å². The molecule has 3 aromatic heterocycles. The number of nitriles is 1. The smallest absolute Gasteiger partial charge is 0.230 e. The van der Waals surface area contributed by atoms with Crippen LogP contribution in [0.25, 0.3) is 33.7 Å². The standard InChI is InChI=1S/C20H13BrN3O2/c21-16-1-2-20-18(8-16)19(10-23-20)14(9-22)7-15-11-24(25)5-3-17(15)13-4-6-26-12-13/h1-8,10-12,23,25H/q+1/b14-7+. The van der Waals surface area contributed by atoms with E-state index in [1.165, 1.54) is 6.20 Å². The van der Waals surface area contributed by atoms with Crippen molar-refractivity contribution in [3.63, 3.8) is 0 Å². The van der Waals surface area contributed by atoms with Gasteiger partial charge in [-0.3, -0.25) is 5.21 Å². The summed E-state index contributed by atoms with van der Waals surface area (Å²) in [7, 11) is 0. The number of aromatic nitrogens is 2. The topological polar surface area (TPSA) is 76.8 Å². The Kier molecular flexibility index (Phi) is 4.07. The summed E-state index contributed by atoms with van der Waals surface area (Å²) in [6.45, 7) is 0. The molecule has 0 aliphatic carbocycles. The van der Waals surface area contributed by atoms with Crippen LogP contribution in [0.5, 0.6) is 0 Å². The molecule has 0 saturated carbocycles. The molecule has 0 spiro atoms. The van der Waals surface area contributed by atoms with Gasteiger partial charge in [0, 0.05) is 49.1 Å². The Morgan fingerprint density at radius 1 is 1.31 bits per heavy atom. The Morgan fingerprint density at radius 2 is 2.19 bits per heavy atom. The fourth-order valence-corrected chi connectivity index (χ4v) is 3.30. The third-order valence-corrected chi connectivity index (χ3v) is 4.66. The maximum atomic E-state index is 9.83. The highest BCUT2D eigenvalue weighted by Gasteiger charge is 2.14. The maximum absolute atomic E-state index is 9.83. The van der Waals surface area contributed by atoms with Crippen LogP contribution < -0.4 is 4.73 Å². The molecular formula is C20H13BrN3O2+. The minimum atomic E-state index is 0.491. The van der Waals surface area contributed by atoms with Gasteiger partial charge in [0.25, 0.3) is 0 Å². The van der Waals surface area contributed by atoms with Crippen molar-refractivity contribution in [1.29, 1.82) is 5.26 Å². The van der Waals surface area contributed by atoms with Crippen LogP contribution >= 0.6 is 15.9 Å². The summed E-state index contributed by atoms with van der Waals surface area (Å²) in [5.74, 6) is 0. The average Bonchev–Trinajstić information content (AvgIpc) is 3.29. The van der Waals surface area contributed by atoms with E-state index in [9.17, 15) is 10.5 Å². The molecule has 4 rings (SSSR count). The highest BCUT2D eigenvalue weighted by Crippen LogP contribution is 2.31. The lowest BCUT2D eigenvalue weighted by Gasteiger charge is -2.02. The number of furan rings is 1. The summed E-state index contributed by atoms with van der Waals surface area (Å²) in [6.07, 6.45) is 9.89. The minimum absolute atomic E-state index is 0.491. The summed E-state index contributed by atoms with van der Waals surface area (Å²) in [4.78, 5) is 3.19.